The maximum absolute atomic E-state index is 12.9. The average Bonchev–Trinajstić information content (AvgIpc) is 3.29. The number of amides is 2. The van der Waals surface area contributed by atoms with E-state index in [-0.39, 0.29) is 43.1 Å². The summed E-state index contributed by atoms with van der Waals surface area (Å²) < 4.78 is 10.8. The lowest BCUT2D eigenvalue weighted by Crippen LogP contribution is -2.46. The number of nitrogens with zero attached hydrogens (tertiary/aromatic N) is 2. The van der Waals surface area contributed by atoms with Gasteiger partial charge in [0.25, 0.3) is 0 Å². The molecule has 0 spiro atoms. The zero-order valence-electron chi connectivity index (χ0n) is 19.7. The molecule has 2 aliphatic heterocycles. The largest absolute Gasteiger partial charge is 0.447 e. The van der Waals surface area contributed by atoms with Gasteiger partial charge < -0.3 is 19.5 Å². The highest BCUT2D eigenvalue weighted by atomic mass is 16.6. The lowest BCUT2D eigenvalue weighted by atomic mass is 9.93. The molecule has 7 nitrogen and oxygen atoms in total. The number of hydrogen-bond acceptors (Lipinski definition) is 5. The van der Waals surface area contributed by atoms with Gasteiger partial charge in [0.2, 0.25) is 5.91 Å². The summed E-state index contributed by atoms with van der Waals surface area (Å²) in [5.41, 5.74) is 4.14. The third-order valence-electron chi connectivity index (χ3n) is 6.64. The van der Waals surface area contributed by atoms with Crippen molar-refractivity contribution in [1.29, 1.82) is 0 Å². The number of aliphatic hydroxyl groups excluding tert-OH is 1. The topological polar surface area (TPSA) is 79.3 Å². The first-order valence-electron chi connectivity index (χ1n) is 11.7. The van der Waals surface area contributed by atoms with Crippen molar-refractivity contribution in [2.45, 2.75) is 38.5 Å². The smallest absolute Gasteiger partial charge is 0.414 e. The fourth-order valence-electron chi connectivity index (χ4n) is 4.77. The van der Waals surface area contributed by atoms with E-state index in [1.54, 1.807) is 16.9 Å². The van der Waals surface area contributed by atoms with Crippen molar-refractivity contribution in [2.75, 3.05) is 31.8 Å². The van der Waals surface area contributed by atoms with E-state index in [0.717, 1.165) is 16.8 Å². The molecule has 2 aliphatic rings. The number of ether oxygens (including phenoxy) is 2. The molecule has 180 valence electrons. The lowest BCUT2D eigenvalue weighted by Gasteiger charge is -2.36. The molecule has 1 N–H and O–H groups in total. The number of rotatable bonds is 8. The van der Waals surface area contributed by atoms with Crippen molar-refractivity contribution in [1.82, 2.24) is 4.90 Å². The van der Waals surface area contributed by atoms with E-state index in [4.69, 9.17) is 9.47 Å². The summed E-state index contributed by atoms with van der Waals surface area (Å²) in [6.45, 7) is 3.50. The van der Waals surface area contributed by atoms with E-state index >= 15 is 0 Å². The summed E-state index contributed by atoms with van der Waals surface area (Å²) in [4.78, 5) is 28.1. The van der Waals surface area contributed by atoms with Crippen LogP contribution in [0.2, 0.25) is 0 Å². The van der Waals surface area contributed by atoms with E-state index in [2.05, 4.69) is 13.0 Å². The zero-order chi connectivity index (χ0) is 24.1. The Bertz CT molecular complexity index is 1040. The van der Waals surface area contributed by atoms with Gasteiger partial charge in [0, 0.05) is 31.7 Å². The Labute approximate surface area is 200 Å². The van der Waals surface area contributed by atoms with E-state index in [1.165, 1.54) is 5.56 Å². The Hall–Kier alpha value is -3.16. The SMILES string of the molecule is CO[C@H](c1ccc(N2CCOC2=O)cc1)[C@H](C)/C=C/CC(=O)N1Cc2ccccc2C[C@H]1CO. The highest BCUT2D eigenvalue weighted by Crippen LogP contribution is 2.29. The first-order chi connectivity index (χ1) is 16.5. The highest BCUT2D eigenvalue weighted by Gasteiger charge is 2.28. The molecule has 0 saturated carbocycles. The Morgan fingerprint density at radius 3 is 2.59 bits per heavy atom. The molecule has 0 bridgehead atoms. The number of carbonyl (C=O) groups is 2. The maximum atomic E-state index is 12.9. The number of fused-ring (bicyclic) bond motifs is 1. The van der Waals surface area contributed by atoms with Gasteiger partial charge in [-0.15, -0.1) is 0 Å². The van der Waals surface area contributed by atoms with E-state index < -0.39 is 0 Å². The number of methoxy groups -OCH3 is 1. The average molecular weight is 465 g/mol. The number of cyclic esters (lactones) is 1. The second kappa shape index (κ2) is 10.8. The standard InChI is InChI=1S/C27H32N2O5/c1-19(26(33-2)20-10-12-23(13-11-20)28-14-15-34-27(28)32)6-5-9-25(31)29-17-22-8-4-3-7-21(22)16-24(29)18-30/h3-8,10-13,19,24,26,30H,9,14-18H2,1-2H3/b6-5+/t19-,24+,26+/m1/s1. The Morgan fingerprint density at radius 1 is 1.21 bits per heavy atom. The van der Waals surface area contributed by atoms with Crippen molar-refractivity contribution in [3.63, 3.8) is 0 Å². The van der Waals surface area contributed by atoms with Crippen molar-refractivity contribution >= 4 is 17.7 Å². The molecule has 0 radical (unpaired) electrons. The summed E-state index contributed by atoms with van der Waals surface area (Å²) in [6, 6.07) is 15.6. The van der Waals surface area contributed by atoms with Crippen molar-refractivity contribution in [3.05, 3.63) is 77.4 Å². The predicted octanol–water partition coefficient (Wildman–Crippen LogP) is 3.86. The van der Waals surface area contributed by atoms with Crippen LogP contribution in [0.5, 0.6) is 0 Å². The third-order valence-corrected chi connectivity index (χ3v) is 6.64. The molecule has 4 rings (SSSR count). The van der Waals surface area contributed by atoms with Gasteiger partial charge >= 0.3 is 6.09 Å². The van der Waals surface area contributed by atoms with Crippen LogP contribution in [0.1, 0.15) is 36.1 Å². The van der Waals surface area contributed by atoms with Crippen LogP contribution >= 0.6 is 0 Å². The fourth-order valence-corrected chi connectivity index (χ4v) is 4.77. The second-order valence-corrected chi connectivity index (χ2v) is 8.84. The van der Waals surface area contributed by atoms with Crippen LogP contribution in [0.15, 0.2) is 60.7 Å². The van der Waals surface area contributed by atoms with Crippen molar-refractivity contribution in [2.24, 2.45) is 5.92 Å². The maximum Gasteiger partial charge on any atom is 0.414 e. The van der Waals surface area contributed by atoms with Gasteiger partial charge in [0.05, 0.1) is 25.3 Å². The molecule has 1 saturated heterocycles. The molecule has 1 fully saturated rings. The van der Waals surface area contributed by atoms with Crippen LogP contribution < -0.4 is 4.90 Å². The number of aliphatic hydroxyl groups is 1. The number of benzene rings is 2. The van der Waals surface area contributed by atoms with Crippen LogP contribution in [0.4, 0.5) is 10.5 Å². The monoisotopic (exact) mass is 464 g/mol. The van der Waals surface area contributed by atoms with Crippen LogP contribution in [-0.4, -0.2) is 54.9 Å². The molecule has 2 aromatic carbocycles. The third kappa shape index (κ3) is 5.16. The molecule has 0 unspecified atom stereocenters. The van der Waals surface area contributed by atoms with Gasteiger partial charge in [-0.3, -0.25) is 9.69 Å². The van der Waals surface area contributed by atoms with Crippen LogP contribution in [0.3, 0.4) is 0 Å². The molecule has 3 atom stereocenters. The van der Waals surface area contributed by atoms with Crippen LogP contribution in [-0.2, 0) is 27.2 Å². The highest BCUT2D eigenvalue weighted by molar-refractivity contribution is 5.89. The molecule has 2 amide bonds. The van der Waals surface area contributed by atoms with Crippen LogP contribution in [0.25, 0.3) is 0 Å². The molecular formula is C27H32N2O5. The first-order valence-corrected chi connectivity index (χ1v) is 11.7. The van der Waals surface area contributed by atoms with E-state index in [0.29, 0.717) is 26.1 Å². The summed E-state index contributed by atoms with van der Waals surface area (Å²) in [5.74, 6) is 0.0453. The normalized spacial score (nSPS) is 19.7. The van der Waals surface area contributed by atoms with Crippen molar-refractivity contribution < 1.29 is 24.2 Å². The number of hydrogen-bond donors (Lipinski definition) is 1. The van der Waals surface area contributed by atoms with Gasteiger partial charge in [-0.1, -0.05) is 55.5 Å². The van der Waals surface area contributed by atoms with Gasteiger partial charge in [-0.05, 0) is 35.2 Å². The van der Waals surface area contributed by atoms with E-state index in [1.807, 2.05) is 54.6 Å². The predicted molar refractivity (Wildman–Crippen MR) is 129 cm³/mol. The molecule has 0 aromatic heterocycles. The zero-order valence-corrected chi connectivity index (χ0v) is 19.7. The summed E-state index contributed by atoms with van der Waals surface area (Å²) in [5, 5.41) is 9.83. The molecule has 7 heteroatoms. The van der Waals surface area contributed by atoms with Gasteiger partial charge in [0.1, 0.15) is 6.61 Å². The molecular weight excluding hydrogens is 432 g/mol. The quantitative estimate of drug-likeness (QED) is 0.600. The molecule has 34 heavy (non-hydrogen) atoms. The minimum Gasteiger partial charge on any atom is -0.447 e. The lowest BCUT2D eigenvalue weighted by molar-refractivity contribution is -0.134. The number of carbonyl (C=O) groups excluding carboxylic acids is 2. The minimum atomic E-state index is -0.322. The fraction of sp³-hybridized carbons (Fsp3) is 0.407. The Kier molecular flexibility index (Phi) is 7.65. The summed E-state index contributed by atoms with van der Waals surface area (Å²) in [7, 11) is 1.67. The second-order valence-electron chi connectivity index (χ2n) is 8.84. The van der Waals surface area contributed by atoms with Gasteiger partial charge in [0.15, 0.2) is 0 Å². The summed E-state index contributed by atoms with van der Waals surface area (Å²) in [6.07, 6.45) is 4.34. The van der Waals surface area contributed by atoms with Gasteiger partial charge in [-0.2, -0.15) is 0 Å². The van der Waals surface area contributed by atoms with Gasteiger partial charge in [-0.25, -0.2) is 4.79 Å². The van der Waals surface area contributed by atoms with Crippen molar-refractivity contribution in [3.8, 4) is 0 Å². The van der Waals surface area contributed by atoms with Crippen LogP contribution in [0, 0.1) is 5.92 Å². The number of anilines is 1. The molecule has 2 heterocycles. The summed E-state index contributed by atoms with van der Waals surface area (Å²) >= 11 is 0. The molecule has 2 aromatic rings. The van der Waals surface area contributed by atoms with E-state index in [9.17, 15) is 14.7 Å². The Balaban J connectivity index is 1.37. The first kappa shape index (κ1) is 24.0. The minimum absolute atomic E-state index is 0.00724. The molecule has 0 aliphatic carbocycles. The Morgan fingerprint density at radius 2 is 1.94 bits per heavy atom.